The number of aliphatic hydroxyl groups excluding tert-OH is 1. The molecule has 1 aromatic carbocycles. The van der Waals surface area contributed by atoms with Gasteiger partial charge >= 0.3 is 0 Å². The zero-order chi connectivity index (χ0) is 11.7. The summed E-state index contributed by atoms with van der Waals surface area (Å²) in [7, 11) is 0. The standard InChI is InChI=1S/C14H16O2/c1-9-6-10(2)8-12(7-9)14(15)13-4-5-16-11(13)3/h4-8,14-15H,1-3H3. The Morgan fingerprint density at radius 1 is 1.06 bits per heavy atom. The Balaban J connectivity index is 2.41. The highest BCUT2D eigenvalue weighted by molar-refractivity contribution is 5.36. The molecular formula is C14H16O2. The smallest absolute Gasteiger partial charge is 0.107 e. The summed E-state index contributed by atoms with van der Waals surface area (Å²) in [6.07, 6.45) is 1.01. The van der Waals surface area contributed by atoms with Crippen molar-refractivity contribution in [3.8, 4) is 0 Å². The van der Waals surface area contributed by atoms with Gasteiger partial charge in [-0.1, -0.05) is 29.3 Å². The van der Waals surface area contributed by atoms with Crippen molar-refractivity contribution in [1.29, 1.82) is 0 Å². The van der Waals surface area contributed by atoms with Crippen molar-refractivity contribution in [2.75, 3.05) is 0 Å². The molecule has 0 radical (unpaired) electrons. The molecule has 1 unspecified atom stereocenters. The van der Waals surface area contributed by atoms with Crippen LogP contribution in [0.25, 0.3) is 0 Å². The summed E-state index contributed by atoms with van der Waals surface area (Å²) in [6.45, 7) is 5.93. The summed E-state index contributed by atoms with van der Waals surface area (Å²) in [5, 5.41) is 10.3. The van der Waals surface area contributed by atoms with E-state index in [-0.39, 0.29) is 0 Å². The van der Waals surface area contributed by atoms with Gasteiger partial charge in [0.15, 0.2) is 0 Å². The molecule has 16 heavy (non-hydrogen) atoms. The quantitative estimate of drug-likeness (QED) is 0.835. The number of hydrogen-bond donors (Lipinski definition) is 1. The van der Waals surface area contributed by atoms with Gasteiger partial charge in [0.05, 0.1) is 6.26 Å². The van der Waals surface area contributed by atoms with E-state index >= 15 is 0 Å². The predicted octanol–water partition coefficient (Wildman–Crippen LogP) is 3.29. The molecule has 0 aliphatic carbocycles. The van der Waals surface area contributed by atoms with Gasteiger partial charge in [-0.05, 0) is 32.4 Å². The van der Waals surface area contributed by atoms with Crippen molar-refractivity contribution in [3.05, 3.63) is 58.5 Å². The maximum Gasteiger partial charge on any atom is 0.107 e. The van der Waals surface area contributed by atoms with E-state index in [9.17, 15) is 5.11 Å². The fraction of sp³-hybridized carbons (Fsp3) is 0.286. The van der Waals surface area contributed by atoms with Gasteiger partial charge in [-0.3, -0.25) is 0 Å². The fourth-order valence-corrected chi connectivity index (χ4v) is 2.03. The first-order chi connectivity index (χ1) is 7.58. The predicted molar refractivity (Wildman–Crippen MR) is 63.4 cm³/mol. The Morgan fingerprint density at radius 2 is 1.69 bits per heavy atom. The summed E-state index contributed by atoms with van der Waals surface area (Å²) >= 11 is 0. The average molecular weight is 216 g/mol. The van der Waals surface area contributed by atoms with Crippen LogP contribution < -0.4 is 0 Å². The Bertz CT molecular complexity index is 477. The number of rotatable bonds is 2. The van der Waals surface area contributed by atoms with Crippen molar-refractivity contribution in [3.63, 3.8) is 0 Å². The zero-order valence-corrected chi connectivity index (χ0v) is 9.82. The Morgan fingerprint density at radius 3 is 2.19 bits per heavy atom. The maximum atomic E-state index is 10.3. The first kappa shape index (κ1) is 11.0. The second kappa shape index (κ2) is 4.14. The van der Waals surface area contributed by atoms with Crippen molar-refractivity contribution in [1.82, 2.24) is 0 Å². The molecule has 0 fully saturated rings. The molecule has 0 aliphatic heterocycles. The van der Waals surface area contributed by atoms with Gasteiger partial charge in [-0.2, -0.15) is 0 Å². The lowest BCUT2D eigenvalue weighted by Gasteiger charge is -2.12. The van der Waals surface area contributed by atoms with E-state index in [1.54, 1.807) is 6.26 Å². The number of benzene rings is 1. The molecule has 84 valence electrons. The van der Waals surface area contributed by atoms with Gasteiger partial charge in [-0.15, -0.1) is 0 Å². The fourth-order valence-electron chi connectivity index (χ4n) is 2.03. The highest BCUT2D eigenvalue weighted by Crippen LogP contribution is 2.26. The maximum absolute atomic E-state index is 10.3. The average Bonchev–Trinajstić information content (AvgIpc) is 2.62. The highest BCUT2D eigenvalue weighted by atomic mass is 16.3. The molecule has 2 heteroatoms. The number of hydrogen-bond acceptors (Lipinski definition) is 2. The van der Waals surface area contributed by atoms with E-state index in [2.05, 4.69) is 6.07 Å². The SMILES string of the molecule is Cc1cc(C)cc(C(O)c2ccoc2C)c1. The molecule has 1 N–H and O–H groups in total. The molecule has 1 heterocycles. The molecule has 0 spiro atoms. The van der Waals surface area contributed by atoms with Gasteiger partial charge in [0.1, 0.15) is 11.9 Å². The summed E-state index contributed by atoms with van der Waals surface area (Å²) in [6, 6.07) is 7.92. The lowest BCUT2D eigenvalue weighted by atomic mass is 9.98. The summed E-state index contributed by atoms with van der Waals surface area (Å²) < 4.78 is 5.21. The number of furan rings is 1. The molecule has 2 aromatic rings. The second-order valence-electron chi connectivity index (χ2n) is 4.26. The number of aryl methyl sites for hydroxylation is 3. The van der Waals surface area contributed by atoms with Crippen LogP contribution in [0.4, 0.5) is 0 Å². The lowest BCUT2D eigenvalue weighted by Crippen LogP contribution is -2.00. The third-order valence-electron chi connectivity index (χ3n) is 2.75. The van der Waals surface area contributed by atoms with Crippen LogP contribution in [0.5, 0.6) is 0 Å². The van der Waals surface area contributed by atoms with E-state index < -0.39 is 6.10 Å². The van der Waals surface area contributed by atoms with Crippen molar-refractivity contribution in [2.24, 2.45) is 0 Å². The van der Waals surface area contributed by atoms with E-state index in [0.717, 1.165) is 28.0 Å². The summed E-state index contributed by atoms with van der Waals surface area (Å²) in [5.74, 6) is 0.770. The van der Waals surface area contributed by atoms with Gasteiger partial charge in [-0.25, -0.2) is 0 Å². The summed E-state index contributed by atoms with van der Waals surface area (Å²) in [5.41, 5.74) is 4.08. The zero-order valence-electron chi connectivity index (χ0n) is 9.82. The highest BCUT2D eigenvalue weighted by Gasteiger charge is 2.15. The first-order valence-corrected chi connectivity index (χ1v) is 5.38. The van der Waals surface area contributed by atoms with Crippen LogP contribution in [0.3, 0.4) is 0 Å². The minimum Gasteiger partial charge on any atom is -0.469 e. The molecule has 0 aliphatic rings. The lowest BCUT2D eigenvalue weighted by molar-refractivity contribution is 0.218. The van der Waals surface area contributed by atoms with Gasteiger partial charge in [0.25, 0.3) is 0 Å². The second-order valence-corrected chi connectivity index (χ2v) is 4.26. The largest absolute Gasteiger partial charge is 0.469 e. The summed E-state index contributed by atoms with van der Waals surface area (Å²) in [4.78, 5) is 0. The molecule has 1 aromatic heterocycles. The van der Waals surface area contributed by atoms with Gasteiger partial charge < -0.3 is 9.52 Å². The van der Waals surface area contributed by atoms with Gasteiger partial charge in [0, 0.05) is 5.56 Å². The molecule has 2 nitrogen and oxygen atoms in total. The topological polar surface area (TPSA) is 33.4 Å². The molecule has 0 saturated heterocycles. The molecule has 1 atom stereocenters. The van der Waals surface area contributed by atoms with E-state index in [1.807, 2.05) is 39.0 Å². The minimum absolute atomic E-state index is 0.600. The molecule has 0 saturated carbocycles. The normalized spacial score (nSPS) is 12.8. The van der Waals surface area contributed by atoms with Crippen LogP contribution >= 0.6 is 0 Å². The Hall–Kier alpha value is -1.54. The van der Waals surface area contributed by atoms with Gasteiger partial charge in [0.2, 0.25) is 0 Å². The minimum atomic E-state index is -0.600. The van der Waals surface area contributed by atoms with Crippen LogP contribution in [-0.2, 0) is 0 Å². The molecule has 0 bridgehead atoms. The Labute approximate surface area is 95.5 Å². The Kier molecular flexibility index (Phi) is 2.84. The van der Waals surface area contributed by atoms with E-state index in [1.165, 1.54) is 0 Å². The van der Waals surface area contributed by atoms with E-state index in [4.69, 9.17) is 4.42 Å². The van der Waals surface area contributed by atoms with E-state index in [0.29, 0.717) is 0 Å². The number of aliphatic hydroxyl groups is 1. The third-order valence-corrected chi connectivity index (χ3v) is 2.75. The molecule has 2 rings (SSSR count). The van der Waals surface area contributed by atoms with Crippen molar-refractivity contribution >= 4 is 0 Å². The van der Waals surface area contributed by atoms with Crippen LogP contribution in [0.15, 0.2) is 34.9 Å². The molecule has 0 amide bonds. The van der Waals surface area contributed by atoms with Crippen LogP contribution in [-0.4, -0.2) is 5.11 Å². The van der Waals surface area contributed by atoms with Crippen LogP contribution in [0, 0.1) is 20.8 Å². The third kappa shape index (κ3) is 2.02. The monoisotopic (exact) mass is 216 g/mol. The van der Waals surface area contributed by atoms with Crippen molar-refractivity contribution in [2.45, 2.75) is 26.9 Å². The van der Waals surface area contributed by atoms with Crippen LogP contribution in [0.2, 0.25) is 0 Å². The van der Waals surface area contributed by atoms with Crippen LogP contribution in [0.1, 0.15) is 34.1 Å². The molecular weight excluding hydrogens is 200 g/mol. The first-order valence-electron chi connectivity index (χ1n) is 5.38. The van der Waals surface area contributed by atoms with Crippen molar-refractivity contribution < 1.29 is 9.52 Å².